The van der Waals surface area contributed by atoms with Gasteiger partial charge in [-0.3, -0.25) is 14.4 Å². The summed E-state index contributed by atoms with van der Waals surface area (Å²) in [5.41, 5.74) is -1.16. The molecule has 0 aromatic carbocycles. The number of ketones is 1. The maximum atomic E-state index is 12.9. The Morgan fingerprint density at radius 2 is 1.40 bits per heavy atom. The van der Waals surface area contributed by atoms with Crippen LogP contribution in [0.25, 0.3) is 0 Å². The van der Waals surface area contributed by atoms with E-state index in [1.807, 2.05) is 19.1 Å². The Balaban J connectivity index is 5.95. The van der Waals surface area contributed by atoms with Gasteiger partial charge in [-0.15, -0.1) is 11.8 Å². The van der Waals surface area contributed by atoms with Gasteiger partial charge in [-0.2, -0.15) is 0 Å². The summed E-state index contributed by atoms with van der Waals surface area (Å²) in [6, 6.07) is 0. The molecular weight excluding hydrogens is 400 g/mol. The van der Waals surface area contributed by atoms with E-state index in [1.165, 1.54) is 32.1 Å². The Kier molecular flexibility index (Phi) is 15.9. The zero-order chi connectivity index (χ0) is 22.8. The van der Waals surface area contributed by atoms with E-state index in [2.05, 4.69) is 13.8 Å². The van der Waals surface area contributed by atoms with Gasteiger partial charge in [0.2, 0.25) is 0 Å². The largest absolute Gasteiger partial charge is 0.468 e. The van der Waals surface area contributed by atoms with Crippen LogP contribution in [-0.2, 0) is 23.9 Å². The summed E-state index contributed by atoms with van der Waals surface area (Å²) in [5.74, 6) is -0.759. The Morgan fingerprint density at radius 1 is 0.867 bits per heavy atom. The van der Waals surface area contributed by atoms with Crippen molar-refractivity contribution in [3.63, 3.8) is 0 Å². The molecule has 0 heterocycles. The molecule has 0 radical (unpaired) electrons. The number of unbranched alkanes of at least 4 members (excludes halogenated alkanes) is 4. The minimum absolute atomic E-state index is 0.00246. The smallest absolute Gasteiger partial charge is 0.327 e. The van der Waals surface area contributed by atoms with Crippen LogP contribution in [0.2, 0.25) is 0 Å². The molecule has 0 aliphatic heterocycles. The Labute approximate surface area is 186 Å². The first-order valence-electron chi connectivity index (χ1n) is 10.8. The number of methoxy groups -OCH3 is 2. The van der Waals surface area contributed by atoms with Crippen molar-refractivity contribution in [2.75, 3.05) is 20.0 Å². The predicted octanol–water partition coefficient (Wildman–Crippen LogP) is 5.80. The molecule has 0 aromatic heterocycles. The first-order chi connectivity index (χ1) is 14.4. The highest BCUT2D eigenvalue weighted by atomic mass is 32.2. The maximum absolute atomic E-state index is 12.9. The number of hydrogen-bond donors (Lipinski definition) is 0. The van der Waals surface area contributed by atoms with E-state index in [1.54, 1.807) is 11.5 Å². The van der Waals surface area contributed by atoms with E-state index in [0.717, 1.165) is 44.3 Å². The van der Waals surface area contributed by atoms with Crippen LogP contribution in [-0.4, -0.2) is 37.7 Å². The van der Waals surface area contributed by atoms with Crippen molar-refractivity contribution in [2.45, 2.75) is 72.1 Å². The molecular formula is C24H38O5S. The summed E-state index contributed by atoms with van der Waals surface area (Å²) in [6.07, 6.45) is 13.0. The standard InChI is InChI=1S/C24H38O5S/c1-6-9-11-13-15-20(19-30-8-3)24(22(26)28-4,23(27)29-5)18-17-21(25)16-14-12-10-7-2/h13-16,19H,6-12,17-18H2,1-5H3/b15-13+,16-14+,20-19-. The lowest BCUT2D eigenvalue weighted by atomic mass is 9.75. The van der Waals surface area contributed by atoms with Crippen molar-refractivity contribution in [2.24, 2.45) is 5.41 Å². The van der Waals surface area contributed by atoms with Gasteiger partial charge >= 0.3 is 11.9 Å². The zero-order valence-electron chi connectivity index (χ0n) is 19.2. The molecule has 0 saturated carbocycles. The third-order valence-electron chi connectivity index (χ3n) is 4.73. The minimum atomic E-state index is -1.67. The second kappa shape index (κ2) is 16.9. The van der Waals surface area contributed by atoms with Gasteiger partial charge in [0.15, 0.2) is 11.2 Å². The van der Waals surface area contributed by atoms with Crippen LogP contribution in [0.1, 0.15) is 72.1 Å². The zero-order valence-corrected chi connectivity index (χ0v) is 20.0. The molecule has 30 heavy (non-hydrogen) atoms. The maximum Gasteiger partial charge on any atom is 0.327 e. The van der Waals surface area contributed by atoms with Gasteiger partial charge in [0, 0.05) is 6.42 Å². The lowest BCUT2D eigenvalue weighted by Crippen LogP contribution is -2.43. The average molecular weight is 439 g/mol. The third kappa shape index (κ3) is 9.33. The van der Waals surface area contributed by atoms with Crippen LogP contribution in [0.5, 0.6) is 0 Å². The van der Waals surface area contributed by atoms with E-state index in [-0.39, 0.29) is 18.6 Å². The lowest BCUT2D eigenvalue weighted by Gasteiger charge is -2.29. The molecule has 0 aromatic rings. The lowest BCUT2D eigenvalue weighted by molar-refractivity contribution is -0.166. The molecule has 0 aliphatic carbocycles. The van der Waals surface area contributed by atoms with Crippen LogP contribution in [0, 0.1) is 5.41 Å². The van der Waals surface area contributed by atoms with Gasteiger partial charge in [0.1, 0.15) is 0 Å². The molecule has 0 N–H and O–H groups in total. The summed E-state index contributed by atoms with van der Waals surface area (Å²) < 4.78 is 10.0. The fourth-order valence-corrected chi connectivity index (χ4v) is 3.56. The Hall–Kier alpha value is -1.82. The van der Waals surface area contributed by atoms with Gasteiger partial charge in [0.05, 0.1) is 14.2 Å². The highest BCUT2D eigenvalue weighted by molar-refractivity contribution is 8.02. The quantitative estimate of drug-likeness (QED) is 0.0997. The number of rotatable bonds is 16. The first-order valence-corrected chi connectivity index (χ1v) is 11.8. The van der Waals surface area contributed by atoms with E-state index < -0.39 is 17.4 Å². The molecule has 0 atom stereocenters. The van der Waals surface area contributed by atoms with Crippen LogP contribution in [0.15, 0.2) is 35.3 Å². The SMILES string of the molecule is CCCC/C=C/C(=O)CCC(C(=O)OC)(C(=O)OC)C(=C\SCC)/C=C/CCCC. The number of hydrogen-bond acceptors (Lipinski definition) is 6. The van der Waals surface area contributed by atoms with Gasteiger partial charge in [-0.25, -0.2) is 0 Å². The highest BCUT2D eigenvalue weighted by Crippen LogP contribution is 2.38. The van der Waals surface area contributed by atoms with Gasteiger partial charge in [0.25, 0.3) is 0 Å². The molecule has 0 saturated heterocycles. The van der Waals surface area contributed by atoms with Crippen LogP contribution in [0.3, 0.4) is 0 Å². The molecule has 0 rings (SSSR count). The van der Waals surface area contributed by atoms with Crippen molar-refractivity contribution in [3.8, 4) is 0 Å². The normalized spacial score (nSPS) is 12.5. The van der Waals surface area contributed by atoms with Gasteiger partial charge in [-0.05, 0) is 42.1 Å². The Morgan fingerprint density at radius 3 is 1.87 bits per heavy atom. The van der Waals surface area contributed by atoms with Crippen LogP contribution in [0.4, 0.5) is 0 Å². The number of thioether (sulfide) groups is 1. The molecule has 0 bridgehead atoms. The summed E-state index contributed by atoms with van der Waals surface area (Å²) in [4.78, 5) is 38.2. The number of esters is 2. The van der Waals surface area contributed by atoms with E-state index in [9.17, 15) is 14.4 Å². The summed E-state index contributed by atoms with van der Waals surface area (Å²) in [5, 5.41) is 1.80. The molecule has 170 valence electrons. The van der Waals surface area contributed by atoms with Crippen molar-refractivity contribution in [3.05, 3.63) is 35.3 Å². The summed E-state index contributed by atoms with van der Waals surface area (Å²) in [6.45, 7) is 6.18. The monoisotopic (exact) mass is 438 g/mol. The van der Waals surface area contributed by atoms with Crippen molar-refractivity contribution < 1.29 is 23.9 Å². The van der Waals surface area contributed by atoms with Crippen molar-refractivity contribution in [1.29, 1.82) is 0 Å². The van der Waals surface area contributed by atoms with Crippen LogP contribution >= 0.6 is 11.8 Å². The van der Waals surface area contributed by atoms with E-state index in [0.29, 0.717) is 5.57 Å². The minimum Gasteiger partial charge on any atom is -0.468 e. The molecule has 0 amide bonds. The fourth-order valence-electron chi connectivity index (χ4n) is 2.93. The molecule has 0 unspecified atom stereocenters. The molecule has 6 heteroatoms. The second-order valence-electron chi connectivity index (χ2n) is 6.97. The van der Waals surface area contributed by atoms with Gasteiger partial charge in [-0.1, -0.05) is 64.7 Å². The van der Waals surface area contributed by atoms with Gasteiger partial charge < -0.3 is 9.47 Å². The number of allylic oxidation sites excluding steroid dienone is 4. The second-order valence-corrected chi connectivity index (χ2v) is 8.12. The van der Waals surface area contributed by atoms with E-state index >= 15 is 0 Å². The third-order valence-corrected chi connectivity index (χ3v) is 5.49. The number of carbonyl (C=O) groups excluding carboxylic acids is 3. The van der Waals surface area contributed by atoms with Crippen LogP contribution < -0.4 is 0 Å². The van der Waals surface area contributed by atoms with Crippen molar-refractivity contribution >= 4 is 29.5 Å². The molecule has 5 nitrogen and oxygen atoms in total. The predicted molar refractivity (Wildman–Crippen MR) is 124 cm³/mol. The highest BCUT2D eigenvalue weighted by Gasteiger charge is 2.50. The molecule has 0 aliphatic rings. The summed E-state index contributed by atoms with van der Waals surface area (Å²) >= 11 is 1.49. The molecule has 0 spiro atoms. The first kappa shape index (κ1) is 28.2. The van der Waals surface area contributed by atoms with Crippen molar-refractivity contribution in [1.82, 2.24) is 0 Å². The molecule has 0 fully saturated rings. The van der Waals surface area contributed by atoms with E-state index in [4.69, 9.17) is 9.47 Å². The fraction of sp³-hybridized carbons (Fsp3) is 0.625. The number of carbonyl (C=O) groups is 3. The topological polar surface area (TPSA) is 69.7 Å². The average Bonchev–Trinajstić information content (AvgIpc) is 2.76. The summed E-state index contributed by atoms with van der Waals surface area (Å²) in [7, 11) is 2.50. The number of ether oxygens (including phenoxy) is 2. The Bertz CT molecular complexity index is 603.